The number of hydrogen-bond donors (Lipinski definition) is 0. The van der Waals surface area contributed by atoms with Crippen molar-refractivity contribution in [1.82, 2.24) is 0 Å². The number of carbonyl (C=O) groups excluding carboxylic acids is 2. The lowest BCUT2D eigenvalue weighted by molar-refractivity contribution is -0.142. The Bertz CT molecular complexity index is 432. The molecular formula is C16H22O6. The highest BCUT2D eigenvalue weighted by atomic mass is 16.5. The SMILES string of the molecule is CC(=O)OCCCOc1cccc(OCCCOC(C)=O)c1. The third kappa shape index (κ3) is 8.84. The molecule has 122 valence electrons. The topological polar surface area (TPSA) is 71.1 Å². The van der Waals surface area contributed by atoms with E-state index < -0.39 is 0 Å². The van der Waals surface area contributed by atoms with Gasteiger partial charge in [-0.3, -0.25) is 9.59 Å². The molecule has 0 spiro atoms. The second kappa shape index (κ2) is 10.5. The molecule has 1 aromatic rings. The number of ether oxygens (including phenoxy) is 4. The molecule has 1 aromatic carbocycles. The van der Waals surface area contributed by atoms with E-state index in [0.717, 1.165) is 0 Å². The third-order valence-corrected chi connectivity index (χ3v) is 2.53. The summed E-state index contributed by atoms with van der Waals surface area (Å²) in [7, 11) is 0. The van der Waals surface area contributed by atoms with Gasteiger partial charge in [-0.1, -0.05) is 6.07 Å². The fraction of sp³-hybridized carbons (Fsp3) is 0.500. The van der Waals surface area contributed by atoms with Gasteiger partial charge in [-0.2, -0.15) is 0 Å². The summed E-state index contributed by atoms with van der Waals surface area (Å²) in [5, 5.41) is 0. The Labute approximate surface area is 130 Å². The second-order valence-corrected chi connectivity index (χ2v) is 4.56. The van der Waals surface area contributed by atoms with E-state index in [1.165, 1.54) is 13.8 Å². The van der Waals surface area contributed by atoms with Crippen molar-refractivity contribution >= 4 is 11.9 Å². The van der Waals surface area contributed by atoms with Gasteiger partial charge in [-0.15, -0.1) is 0 Å². The van der Waals surface area contributed by atoms with Crippen molar-refractivity contribution in [3.63, 3.8) is 0 Å². The molecular weight excluding hydrogens is 288 g/mol. The van der Waals surface area contributed by atoms with E-state index in [2.05, 4.69) is 0 Å². The summed E-state index contributed by atoms with van der Waals surface area (Å²) in [6, 6.07) is 7.29. The van der Waals surface area contributed by atoms with Crippen LogP contribution >= 0.6 is 0 Å². The third-order valence-electron chi connectivity index (χ3n) is 2.53. The standard InChI is InChI=1S/C16H22O6/c1-13(17)19-8-4-10-21-15-6-3-7-16(12-15)22-11-5-9-20-14(2)18/h3,6-7,12H,4-5,8-11H2,1-2H3. The molecule has 0 aliphatic rings. The molecule has 0 bridgehead atoms. The van der Waals surface area contributed by atoms with Gasteiger partial charge in [0.1, 0.15) is 11.5 Å². The zero-order valence-corrected chi connectivity index (χ0v) is 13.0. The quantitative estimate of drug-likeness (QED) is 0.488. The highest BCUT2D eigenvalue weighted by molar-refractivity contribution is 5.66. The molecule has 0 aliphatic carbocycles. The summed E-state index contributed by atoms with van der Waals surface area (Å²) in [6.45, 7) is 4.38. The van der Waals surface area contributed by atoms with Crippen molar-refractivity contribution in [2.24, 2.45) is 0 Å². The van der Waals surface area contributed by atoms with Crippen molar-refractivity contribution in [2.45, 2.75) is 26.7 Å². The average Bonchev–Trinajstić information content (AvgIpc) is 2.46. The van der Waals surface area contributed by atoms with Crippen molar-refractivity contribution in [3.8, 4) is 11.5 Å². The van der Waals surface area contributed by atoms with Crippen LogP contribution in [0.3, 0.4) is 0 Å². The molecule has 0 radical (unpaired) electrons. The summed E-state index contributed by atoms with van der Waals surface area (Å²) in [6.07, 6.45) is 1.26. The van der Waals surface area contributed by atoms with Crippen LogP contribution in [0.15, 0.2) is 24.3 Å². The first-order valence-electron chi connectivity index (χ1n) is 7.20. The molecule has 6 heteroatoms. The first-order chi connectivity index (χ1) is 10.6. The summed E-state index contributed by atoms with van der Waals surface area (Å²) >= 11 is 0. The second-order valence-electron chi connectivity index (χ2n) is 4.56. The van der Waals surface area contributed by atoms with Crippen LogP contribution < -0.4 is 9.47 Å². The van der Waals surface area contributed by atoms with E-state index in [-0.39, 0.29) is 11.9 Å². The number of hydrogen-bond acceptors (Lipinski definition) is 6. The Kier molecular flexibility index (Phi) is 8.49. The number of rotatable bonds is 10. The molecule has 0 saturated heterocycles. The zero-order valence-electron chi connectivity index (χ0n) is 13.0. The fourth-order valence-corrected chi connectivity index (χ4v) is 1.58. The maximum absolute atomic E-state index is 10.6. The predicted octanol–water partition coefficient (Wildman–Crippen LogP) is 2.35. The minimum atomic E-state index is -0.288. The summed E-state index contributed by atoms with van der Waals surface area (Å²) in [5.41, 5.74) is 0. The Hall–Kier alpha value is -2.24. The number of benzene rings is 1. The monoisotopic (exact) mass is 310 g/mol. The highest BCUT2D eigenvalue weighted by Gasteiger charge is 2.00. The summed E-state index contributed by atoms with van der Waals surface area (Å²) in [4.78, 5) is 21.2. The Morgan fingerprint density at radius 3 is 1.68 bits per heavy atom. The van der Waals surface area contributed by atoms with Crippen LogP contribution in [0.5, 0.6) is 11.5 Å². The van der Waals surface area contributed by atoms with Crippen LogP contribution in [0.1, 0.15) is 26.7 Å². The maximum atomic E-state index is 10.6. The van der Waals surface area contributed by atoms with Crippen LogP contribution in [-0.2, 0) is 19.1 Å². The Morgan fingerprint density at radius 1 is 0.818 bits per heavy atom. The van der Waals surface area contributed by atoms with Gasteiger partial charge in [-0.05, 0) is 12.1 Å². The van der Waals surface area contributed by atoms with E-state index in [1.807, 2.05) is 18.2 Å². The molecule has 0 saturated carbocycles. The molecule has 6 nitrogen and oxygen atoms in total. The molecule has 0 aliphatic heterocycles. The average molecular weight is 310 g/mol. The normalized spacial score (nSPS) is 9.91. The fourth-order valence-electron chi connectivity index (χ4n) is 1.58. The van der Waals surface area contributed by atoms with E-state index in [0.29, 0.717) is 50.8 Å². The molecule has 0 fully saturated rings. The van der Waals surface area contributed by atoms with Crippen LogP contribution in [0.2, 0.25) is 0 Å². The minimum absolute atomic E-state index is 0.288. The van der Waals surface area contributed by atoms with Gasteiger partial charge >= 0.3 is 11.9 Å². The van der Waals surface area contributed by atoms with Gasteiger partial charge in [0, 0.05) is 32.8 Å². The smallest absolute Gasteiger partial charge is 0.302 e. The molecule has 0 amide bonds. The van der Waals surface area contributed by atoms with Crippen molar-refractivity contribution in [2.75, 3.05) is 26.4 Å². The zero-order chi connectivity index (χ0) is 16.2. The van der Waals surface area contributed by atoms with E-state index in [4.69, 9.17) is 18.9 Å². The summed E-state index contributed by atoms with van der Waals surface area (Å²) in [5.74, 6) is 0.814. The molecule has 0 atom stereocenters. The predicted molar refractivity (Wildman–Crippen MR) is 79.9 cm³/mol. The molecule has 0 aromatic heterocycles. The Balaban J connectivity index is 2.21. The first-order valence-corrected chi connectivity index (χ1v) is 7.20. The van der Waals surface area contributed by atoms with Gasteiger partial charge in [0.2, 0.25) is 0 Å². The van der Waals surface area contributed by atoms with Gasteiger partial charge < -0.3 is 18.9 Å². The van der Waals surface area contributed by atoms with E-state index >= 15 is 0 Å². The minimum Gasteiger partial charge on any atom is -0.493 e. The lowest BCUT2D eigenvalue weighted by atomic mass is 10.3. The maximum Gasteiger partial charge on any atom is 0.302 e. The summed E-state index contributed by atoms with van der Waals surface area (Å²) < 4.78 is 20.7. The van der Waals surface area contributed by atoms with Gasteiger partial charge in [0.05, 0.1) is 26.4 Å². The lowest BCUT2D eigenvalue weighted by Gasteiger charge is -2.09. The molecule has 0 unspecified atom stereocenters. The van der Waals surface area contributed by atoms with Crippen molar-refractivity contribution < 1.29 is 28.5 Å². The van der Waals surface area contributed by atoms with Crippen molar-refractivity contribution in [3.05, 3.63) is 24.3 Å². The van der Waals surface area contributed by atoms with Gasteiger partial charge in [0.15, 0.2) is 0 Å². The van der Waals surface area contributed by atoms with Crippen molar-refractivity contribution in [1.29, 1.82) is 0 Å². The van der Waals surface area contributed by atoms with Crippen LogP contribution in [0.25, 0.3) is 0 Å². The first kappa shape index (κ1) is 17.8. The molecule has 0 N–H and O–H groups in total. The molecule has 0 heterocycles. The van der Waals surface area contributed by atoms with Gasteiger partial charge in [-0.25, -0.2) is 0 Å². The van der Waals surface area contributed by atoms with Crippen LogP contribution in [-0.4, -0.2) is 38.4 Å². The largest absolute Gasteiger partial charge is 0.493 e. The molecule has 1 rings (SSSR count). The van der Waals surface area contributed by atoms with Crippen LogP contribution in [0, 0.1) is 0 Å². The Morgan fingerprint density at radius 2 is 1.27 bits per heavy atom. The number of carbonyl (C=O) groups is 2. The highest BCUT2D eigenvalue weighted by Crippen LogP contribution is 2.19. The molecule has 22 heavy (non-hydrogen) atoms. The van der Waals surface area contributed by atoms with E-state index in [9.17, 15) is 9.59 Å². The van der Waals surface area contributed by atoms with Crippen LogP contribution in [0.4, 0.5) is 0 Å². The van der Waals surface area contributed by atoms with E-state index in [1.54, 1.807) is 6.07 Å². The lowest BCUT2D eigenvalue weighted by Crippen LogP contribution is -2.07. The number of esters is 2. The van der Waals surface area contributed by atoms with Gasteiger partial charge in [0.25, 0.3) is 0 Å².